The Morgan fingerprint density at radius 2 is 1.84 bits per heavy atom. The van der Waals surface area contributed by atoms with Crippen LogP contribution in [0.4, 0.5) is 0 Å². The first kappa shape index (κ1) is 19.4. The summed E-state index contributed by atoms with van der Waals surface area (Å²) in [5.41, 5.74) is 3.82. The minimum atomic E-state index is -1.00. The molecule has 0 bridgehead atoms. The largest absolute Gasteiger partial charge is 0.482 e. The van der Waals surface area contributed by atoms with Crippen LogP contribution in [-0.2, 0) is 4.79 Å². The monoisotopic (exact) mass is 417 g/mol. The van der Waals surface area contributed by atoms with Crippen LogP contribution in [-0.4, -0.2) is 50.0 Å². The van der Waals surface area contributed by atoms with E-state index in [-0.39, 0.29) is 5.60 Å². The fourth-order valence-electron chi connectivity index (χ4n) is 4.10. The van der Waals surface area contributed by atoms with Gasteiger partial charge < -0.3 is 15.2 Å². The van der Waals surface area contributed by atoms with E-state index in [0.717, 1.165) is 58.7 Å². The lowest BCUT2D eigenvalue weighted by Crippen LogP contribution is -2.46. The lowest BCUT2D eigenvalue weighted by atomic mass is 9.83. The molecule has 2 aliphatic heterocycles. The molecule has 1 atom stereocenters. The van der Waals surface area contributed by atoms with Crippen molar-refractivity contribution in [2.45, 2.75) is 31.4 Å². The van der Waals surface area contributed by atoms with E-state index in [1.165, 1.54) is 6.92 Å². The van der Waals surface area contributed by atoms with E-state index in [1.807, 2.05) is 42.5 Å². The van der Waals surface area contributed by atoms with Gasteiger partial charge in [0.05, 0.1) is 0 Å². The summed E-state index contributed by atoms with van der Waals surface area (Å²) in [4.78, 5) is 12.3. The predicted molar refractivity (Wildman–Crippen MR) is 115 cm³/mol. The number of nitrogens with zero attached hydrogens (tertiary/aromatic N) is 4. The molecule has 158 valence electrons. The van der Waals surface area contributed by atoms with Crippen LogP contribution in [0.15, 0.2) is 54.6 Å². The highest BCUT2D eigenvalue weighted by atomic mass is 16.5. The van der Waals surface area contributed by atoms with Crippen LogP contribution < -0.4 is 10.1 Å². The molecule has 1 fully saturated rings. The minimum absolute atomic E-state index is 0.287. The standard InChI is InChI=1S/C23H23N5O3/c1-15(22(29)30)28-26-21(25-27-28)17-8-6-16(7-9-17)19-14-23(10-12-24-13-11-23)31-20-5-3-2-4-18(19)20/h2-9,14-15,24H,10-13H2,1H3,(H,29,30). The van der Waals surface area contributed by atoms with Gasteiger partial charge in [0.15, 0.2) is 6.04 Å². The third-order valence-electron chi connectivity index (χ3n) is 5.93. The van der Waals surface area contributed by atoms with Gasteiger partial charge in [-0.15, -0.1) is 15.0 Å². The first-order valence-electron chi connectivity index (χ1n) is 10.4. The third kappa shape index (κ3) is 3.59. The van der Waals surface area contributed by atoms with E-state index in [1.54, 1.807) is 0 Å². The van der Waals surface area contributed by atoms with Gasteiger partial charge in [-0.3, -0.25) is 0 Å². The maximum Gasteiger partial charge on any atom is 0.330 e. The van der Waals surface area contributed by atoms with Crippen molar-refractivity contribution in [1.82, 2.24) is 25.5 Å². The second kappa shape index (κ2) is 7.63. The van der Waals surface area contributed by atoms with Crippen LogP contribution in [0.25, 0.3) is 17.0 Å². The van der Waals surface area contributed by atoms with Crippen LogP contribution >= 0.6 is 0 Å². The number of nitrogens with one attached hydrogen (secondary N) is 1. The molecular formula is C23H23N5O3. The van der Waals surface area contributed by atoms with Crippen molar-refractivity contribution in [1.29, 1.82) is 0 Å². The number of carbonyl (C=O) groups is 1. The van der Waals surface area contributed by atoms with Crippen molar-refractivity contribution < 1.29 is 14.6 Å². The highest BCUT2D eigenvalue weighted by Gasteiger charge is 2.36. The van der Waals surface area contributed by atoms with Gasteiger partial charge in [0, 0.05) is 24.0 Å². The number of hydrogen-bond donors (Lipinski definition) is 2. The van der Waals surface area contributed by atoms with Gasteiger partial charge in [0.1, 0.15) is 11.4 Å². The number of piperidine rings is 1. The summed E-state index contributed by atoms with van der Waals surface area (Å²) in [6, 6.07) is 15.2. The summed E-state index contributed by atoms with van der Waals surface area (Å²) < 4.78 is 6.45. The molecule has 2 N–H and O–H groups in total. The molecule has 3 heterocycles. The Labute approximate surface area is 179 Å². The second-order valence-electron chi connectivity index (χ2n) is 8.00. The van der Waals surface area contributed by atoms with Crippen molar-refractivity contribution in [3.05, 3.63) is 65.7 Å². The number of aromatic nitrogens is 4. The molecule has 5 rings (SSSR count). The Morgan fingerprint density at radius 3 is 2.58 bits per heavy atom. The average Bonchev–Trinajstić information content (AvgIpc) is 3.29. The smallest absolute Gasteiger partial charge is 0.330 e. The number of fused-ring (bicyclic) bond motifs is 1. The van der Waals surface area contributed by atoms with Crippen molar-refractivity contribution in [2.24, 2.45) is 0 Å². The zero-order valence-corrected chi connectivity index (χ0v) is 17.2. The highest BCUT2D eigenvalue weighted by molar-refractivity contribution is 5.85. The normalized spacial score (nSPS) is 18.0. The van der Waals surface area contributed by atoms with Gasteiger partial charge in [-0.05, 0) is 48.5 Å². The number of aliphatic carboxylic acids is 1. The first-order valence-corrected chi connectivity index (χ1v) is 10.4. The van der Waals surface area contributed by atoms with Crippen LogP contribution in [0.1, 0.15) is 36.9 Å². The Kier molecular flexibility index (Phi) is 4.78. The maximum absolute atomic E-state index is 11.1. The number of hydrogen-bond acceptors (Lipinski definition) is 6. The highest BCUT2D eigenvalue weighted by Crippen LogP contribution is 2.42. The summed E-state index contributed by atoms with van der Waals surface area (Å²) in [5, 5.41) is 24.6. The number of tetrazole rings is 1. The maximum atomic E-state index is 11.1. The molecule has 8 heteroatoms. The van der Waals surface area contributed by atoms with Crippen LogP contribution in [0.3, 0.4) is 0 Å². The Balaban J connectivity index is 1.49. The van der Waals surface area contributed by atoms with E-state index in [4.69, 9.17) is 9.84 Å². The van der Waals surface area contributed by atoms with Crippen LogP contribution in [0.2, 0.25) is 0 Å². The first-order chi connectivity index (χ1) is 15.0. The summed E-state index contributed by atoms with van der Waals surface area (Å²) in [6.45, 7) is 3.38. The van der Waals surface area contributed by atoms with Crippen molar-refractivity contribution in [2.75, 3.05) is 13.1 Å². The Bertz CT molecular complexity index is 1150. The molecule has 1 aromatic heterocycles. The molecule has 3 aromatic rings. The minimum Gasteiger partial charge on any atom is -0.482 e. The molecule has 1 saturated heterocycles. The summed E-state index contributed by atoms with van der Waals surface area (Å²) in [5.74, 6) is 0.310. The predicted octanol–water partition coefficient (Wildman–Crippen LogP) is 2.93. The lowest BCUT2D eigenvalue weighted by molar-refractivity contribution is -0.141. The molecule has 2 aliphatic rings. The van der Waals surface area contributed by atoms with E-state index < -0.39 is 12.0 Å². The average molecular weight is 417 g/mol. The summed E-state index contributed by atoms with van der Waals surface area (Å²) in [6.07, 6.45) is 4.13. The molecule has 0 radical (unpaired) electrons. The van der Waals surface area contributed by atoms with Crippen molar-refractivity contribution in [3.63, 3.8) is 0 Å². The molecular weight excluding hydrogens is 394 g/mol. The number of para-hydroxylation sites is 1. The Morgan fingerprint density at radius 1 is 1.13 bits per heavy atom. The number of carboxylic acids is 1. The van der Waals surface area contributed by atoms with Crippen LogP contribution in [0.5, 0.6) is 5.75 Å². The van der Waals surface area contributed by atoms with E-state index in [2.05, 4.69) is 32.9 Å². The lowest BCUT2D eigenvalue weighted by Gasteiger charge is -2.40. The molecule has 0 amide bonds. The zero-order valence-electron chi connectivity index (χ0n) is 17.2. The van der Waals surface area contributed by atoms with Gasteiger partial charge in [-0.1, -0.05) is 42.5 Å². The summed E-state index contributed by atoms with van der Waals surface area (Å²) in [7, 11) is 0. The molecule has 1 spiro atoms. The molecule has 0 saturated carbocycles. The second-order valence-corrected chi connectivity index (χ2v) is 8.00. The van der Waals surface area contributed by atoms with E-state index >= 15 is 0 Å². The molecule has 1 unspecified atom stereocenters. The van der Waals surface area contributed by atoms with Crippen molar-refractivity contribution in [3.8, 4) is 17.1 Å². The summed E-state index contributed by atoms with van der Waals surface area (Å²) >= 11 is 0. The SMILES string of the molecule is CC(C(=O)O)n1nnc(-c2ccc(C3=CC4(CCNCC4)Oc4ccccc43)cc2)n1. The number of benzene rings is 2. The quantitative estimate of drug-likeness (QED) is 0.673. The van der Waals surface area contributed by atoms with Gasteiger partial charge >= 0.3 is 5.97 Å². The van der Waals surface area contributed by atoms with Crippen LogP contribution in [0, 0.1) is 0 Å². The third-order valence-corrected chi connectivity index (χ3v) is 5.93. The number of carboxylic acid groups (broad SMARTS) is 1. The topological polar surface area (TPSA) is 102 Å². The molecule has 0 aliphatic carbocycles. The number of ether oxygens (including phenoxy) is 1. The fourth-order valence-corrected chi connectivity index (χ4v) is 4.10. The fraction of sp³-hybridized carbons (Fsp3) is 0.304. The molecule has 31 heavy (non-hydrogen) atoms. The van der Waals surface area contributed by atoms with Crippen molar-refractivity contribution >= 4 is 11.5 Å². The van der Waals surface area contributed by atoms with Gasteiger partial charge in [-0.25, -0.2) is 4.79 Å². The van der Waals surface area contributed by atoms with Gasteiger partial charge in [0.25, 0.3) is 0 Å². The molecule has 8 nitrogen and oxygen atoms in total. The zero-order chi connectivity index (χ0) is 21.4. The van der Waals surface area contributed by atoms with E-state index in [9.17, 15) is 4.79 Å². The Hall–Kier alpha value is -3.52. The van der Waals surface area contributed by atoms with Gasteiger partial charge in [-0.2, -0.15) is 0 Å². The molecule has 2 aromatic carbocycles. The van der Waals surface area contributed by atoms with E-state index in [0.29, 0.717) is 5.82 Å². The van der Waals surface area contributed by atoms with Gasteiger partial charge in [0.2, 0.25) is 5.82 Å². The number of rotatable bonds is 4.